The van der Waals surface area contributed by atoms with Gasteiger partial charge in [0.2, 0.25) is 0 Å². The van der Waals surface area contributed by atoms with Crippen molar-refractivity contribution in [3.8, 4) is 11.4 Å². The normalized spacial score (nSPS) is 17.7. The van der Waals surface area contributed by atoms with Gasteiger partial charge in [0.15, 0.2) is 5.82 Å². The summed E-state index contributed by atoms with van der Waals surface area (Å²) < 4.78 is 0. The van der Waals surface area contributed by atoms with Crippen LogP contribution in [0.5, 0.6) is 0 Å². The summed E-state index contributed by atoms with van der Waals surface area (Å²) in [6.07, 6.45) is 4.75. The van der Waals surface area contributed by atoms with Crippen molar-refractivity contribution in [1.82, 2.24) is 24.8 Å². The van der Waals surface area contributed by atoms with Gasteiger partial charge in [0.25, 0.3) is 0 Å². The summed E-state index contributed by atoms with van der Waals surface area (Å²) in [7, 11) is 2.19. The molecule has 0 spiro atoms. The van der Waals surface area contributed by atoms with Crippen LogP contribution in [0.15, 0.2) is 54.9 Å². The predicted molar refractivity (Wildman–Crippen MR) is 119 cm³/mol. The maximum atomic E-state index is 5.10. The van der Waals surface area contributed by atoms with Crippen molar-refractivity contribution in [2.45, 2.75) is 19.5 Å². The topological polar surface area (TPSA) is 48.4 Å². The maximum absolute atomic E-state index is 5.10. The molecule has 6 nitrogen and oxygen atoms in total. The van der Waals surface area contributed by atoms with Crippen LogP contribution < -0.4 is 4.90 Å². The van der Waals surface area contributed by atoms with Crippen LogP contribution in [0.1, 0.15) is 16.8 Å². The molecule has 0 amide bonds. The van der Waals surface area contributed by atoms with Gasteiger partial charge in [-0.25, -0.2) is 9.97 Å². The molecule has 5 rings (SSSR count). The summed E-state index contributed by atoms with van der Waals surface area (Å²) in [6, 6.07) is 14.5. The minimum absolute atomic E-state index is 0.851. The van der Waals surface area contributed by atoms with Crippen molar-refractivity contribution in [2.75, 3.05) is 44.7 Å². The first kappa shape index (κ1) is 19.2. The van der Waals surface area contributed by atoms with Crippen LogP contribution >= 0.6 is 0 Å². The lowest BCUT2D eigenvalue weighted by atomic mass is 10.0. The fourth-order valence-electron chi connectivity index (χ4n) is 4.33. The van der Waals surface area contributed by atoms with E-state index < -0.39 is 0 Å². The first-order valence-electron chi connectivity index (χ1n) is 10.8. The van der Waals surface area contributed by atoms with E-state index in [-0.39, 0.29) is 0 Å². The Morgan fingerprint density at radius 2 is 1.73 bits per heavy atom. The number of rotatable bonds is 4. The Morgan fingerprint density at radius 3 is 2.50 bits per heavy atom. The van der Waals surface area contributed by atoms with Gasteiger partial charge in [0.1, 0.15) is 5.82 Å². The number of hydrogen-bond donors (Lipinski definition) is 0. The molecule has 30 heavy (non-hydrogen) atoms. The number of anilines is 1. The molecule has 154 valence electrons. The molecular formula is C24H28N6. The first-order chi connectivity index (χ1) is 14.8. The summed E-state index contributed by atoms with van der Waals surface area (Å²) in [4.78, 5) is 21.7. The molecule has 1 fully saturated rings. The second kappa shape index (κ2) is 8.50. The van der Waals surface area contributed by atoms with Gasteiger partial charge in [-0.2, -0.15) is 0 Å². The van der Waals surface area contributed by atoms with E-state index in [9.17, 15) is 0 Å². The zero-order valence-corrected chi connectivity index (χ0v) is 17.5. The van der Waals surface area contributed by atoms with Crippen LogP contribution in [-0.2, 0) is 19.5 Å². The third-order valence-electron chi connectivity index (χ3n) is 6.08. The third kappa shape index (κ3) is 4.06. The van der Waals surface area contributed by atoms with E-state index in [1.54, 1.807) is 0 Å². The molecule has 1 saturated heterocycles. The SMILES string of the molecule is CN1CCN(c2nc(-c3ccccc3)nc3c2CN(Cc2cccnc2)CC3)CC1. The van der Waals surface area contributed by atoms with E-state index >= 15 is 0 Å². The first-order valence-corrected chi connectivity index (χ1v) is 10.8. The van der Waals surface area contributed by atoms with Gasteiger partial charge >= 0.3 is 0 Å². The number of hydrogen-bond acceptors (Lipinski definition) is 6. The molecule has 0 unspecified atom stereocenters. The molecule has 0 bridgehead atoms. The summed E-state index contributed by atoms with van der Waals surface area (Å²) >= 11 is 0. The molecule has 4 heterocycles. The number of aromatic nitrogens is 3. The van der Waals surface area contributed by atoms with Crippen molar-refractivity contribution in [3.05, 3.63) is 71.7 Å². The highest BCUT2D eigenvalue weighted by Gasteiger charge is 2.27. The number of likely N-dealkylation sites (N-methyl/N-ethyl adjacent to an activating group) is 1. The minimum atomic E-state index is 0.851. The van der Waals surface area contributed by atoms with Gasteiger partial charge in [-0.05, 0) is 18.7 Å². The Balaban J connectivity index is 1.49. The van der Waals surface area contributed by atoms with Crippen LogP contribution in [0.25, 0.3) is 11.4 Å². The minimum Gasteiger partial charge on any atom is -0.354 e. The van der Waals surface area contributed by atoms with Crippen molar-refractivity contribution >= 4 is 5.82 Å². The monoisotopic (exact) mass is 400 g/mol. The van der Waals surface area contributed by atoms with Crippen LogP contribution in [-0.4, -0.2) is 64.5 Å². The Morgan fingerprint density at radius 1 is 0.900 bits per heavy atom. The Hall–Kier alpha value is -2.83. The summed E-state index contributed by atoms with van der Waals surface area (Å²) in [5.74, 6) is 1.98. The quantitative estimate of drug-likeness (QED) is 0.671. The standard InChI is InChI=1S/C24H28N6/c1-28-12-14-30(15-13-28)24-21-18-29(17-19-6-5-10-25-16-19)11-9-22(21)26-23(27-24)20-7-3-2-4-8-20/h2-8,10,16H,9,11-15,17-18H2,1H3. The van der Waals surface area contributed by atoms with Gasteiger partial charge in [-0.1, -0.05) is 36.4 Å². The number of pyridine rings is 1. The highest BCUT2D eigenvalue weighted by molar-refractivity contribution is 5.61. The molecule has 2 aliphatic heterocycles. The molecule has 0 saturated carbocycles. The molecule has 3 aromatic rings. The van der Waals surface area contributed by atoms with Crippen LogP contribution in [0.2, 0.25) is 0 Å². The third-order valence-corrected chi connectivity index (χ3v) is 6.08. The molecule has 0 atom stereocenters. The smallest absolute Gasteiger partial charge is 0.161 e. The van der Waals surface area contributed by atoms with Crippen molar-refractivity contribution < 1.29 is 0 Å². The van der Waals surface area contributed by atoms with E-state index in [1.807, 2.05) is 24.5 Å². The molecule has 0 aliphatic carbocycles. The van der Waals surface area contributed by atoms with E-state index in [0.29, 0.717) is 0 Å². The van der Waals surface area contributed by atoms with Crippen LogP contribution in [0, 0.1) is 0 Å². The summed E-state index contributed by atoms with van der Waals surface area (Å²) in [5.41, 5.74) is 4.85. The zero-order chi connectivity index (χ0) is 20.3. The van der Waals surface area contributed by atoms with E-state index in [0.717, 1.165) is 69.4 Å². The van der Waals surface area contributed by atoms with Gasteiger partial charge in [-0.15, -0.1) is 0 Å². The van der Waals surface area contributed by atoms with Crippen molar-refractivity contribution in [1.29, 1.82) is 0 Å². The van der Waals surface area contributed by atoms with E-state index in [4.69, 9.17) is 9.97 Å². The van der Waals surface area contributed by atoms with Crippen LogP contribution in [0.3, 0.4) is 0 Å². The van der Waals surface area contributed by atoms with Gasteiger partial charge in [-0.3, -0.25) is 9.88 Å². The van der Waals surface area contributed by atoms with Gasteiger partial charge in [0, 0.05) is 75.8 Å². The summed E-state index contributed by atoms with van der Waals surface area (Å²) in [6.45, 7) is 6.97. The molecule has 0 N–H and O–H groups in total. The molecule has 1 aromatic carbocycles. The van der Waals surface area contributed by atoms with Crippen molar-refractivity contribution in [3.63, 3.8) is 0 Å². The lowest BCUT2D eigenvalue weighted by molar-refractivity contribution is 0.242. The van der Waals surface area contributed by atoms with Gasteiger partial charge < -0.3 is 9.80 Å². The number of benzene rings is 1. The fourth-order valence-corrected chi connectivity index (χ4v) is 4.33. The average molecular weight is 401 g/mol. The van der Waals surface area contributed by atoms with Gasteiger partial charge in [0.05, 0.1) is 5.69 Å². The maximum Gasteiger partial charge on any atom is 0.161 e. The predicted octanol–water partition coefficient (Wildman–Crippen LogP) is 2.85. The highest BCUT2D eigenvalue weighted by Crippen LogP contribution is 2.30. The Bertz CT molecular complexity index is 983. The lowest BCUT2D eigenvalue weighted by Crippen LogP contribution is -2.46. The van der Waals surface area contributed by atoms with E-state index in [1.165, 1.54) is 16.8 Å². The average Bonchev–Trinajstić information content (AvgIpc) is 2.80. The second-order valence-corrected chi connectivity index (χ2v) is 8.27. The fraction of sp³-hybridized carbons (Fsp3) is 0.375. The Kier molecular flexibility index (Phi) is 5.43. The van der Waals surface area contributed by atoms with Crippen LogP contribution in [0.4, 0.5) is 5.82 Å². The van der Waals surface area contributed by atoms with Crippen molar-refractivity contribution in [2.24, 2.45) is 0 Å². The summed E-state index contributed by atoms with van der Waals surface area (Å²) in [5, 5.41) is 0. The largest absolute Gasteiger partial charge is 0.354 e. The molecule has 6 heteroatoms. The second-order valence-electron chi connectivity index (χ2n) is 8.27. The zero-order valence-electron chi connectivity index (χ0n) is 17.5. The Labute approximate surface area is 178 Å². The molecule has 2 aromatic heterocycles. The number of nitrogens with zero attached hydrogens (tertiary/aromatic N) is 6. The molecule has 2 aliphatic rings. The number of fused-ring (bicyclic) bond motifs is 1. The van der Waals surface area contributed by atoms with E-state index in [2.05, 4.69) is 57.1 Å². The molecular weight excluding hydrogens is 372 g/mol. The number of piperazine rings is 1. The molecule has 0 radical (unpaired) electrons. The highest BCUT2D eigenvalue weighted by atomic mass is 15.3. The lowest BCUT2D eigenvalue weighted by Gasteiger charge is -2.37.